The minimum Gasteiger partial charge on any atom is -0.454 e. The summed E-state index contributed by atoms with van der Waals surface area (Å²) in [6.45, 7) is 5.56. The van der Waals surface area contributed by atoms with E-state index < -0.39 is 67.4 Å². The molecule has 0 aromatic rings. The fourth-order valence-electron chi connectivity index (χ4n) is 7.61. The van der Waals surface area contributed by atoms with Gasteiger partial charge in [0.1, 0.15) is 24.4 Å². The molecule has 0 aromatic carbocycles. The van der Waals surface area contributed by atoms with Crippen molar-refractivity contribution in [3.63, 3.8) is 0 Å². The van der Waals surface area contributed by atoms with Gasteiger partial charge in [0, 0.05) is 6.42 Å². The monoisotopic (exact) mass is 916 g/mol. The Morgan fingerprint density at radius 1 is 0.615 bits per heavy atom. The lowest BCUT2D eigenvalue weighted by molar-refractivity contribution is -0.305. The third-order valence-electron chi connectivity index (χ3n) is 11.8. The molecule has 0 aromatic heterocycles. The van der Waals surface area contributed by atoms with Gasteiger partial charge in [0.05, 0.1) is 25.4 Å². The van der Waals surface area contributed by atoms with Crippen molar-refractivity contribution in [3.8, 4) is 0 Å². The molecule has 1 amide bonds. The molecule has 1 fully saturated rings. The highest BCUT2D eigenvalue weighted by molar-refractivity contribution is 5.80. The van der Waals surface area contributed by atoms with E-state index in [0.29, 0.717) is 12.8 Å². The maximum absolute atomic E-state index is 13.3. The van der Waals surface area contributed by atoms with E-state index in [1.807, 2.05) is 54.7 Å². The quantitative estimate of drug-likeness (QED) is 0.0150. The molecule has 0 aliphatic carbocycles. The largest absolute Gasteiger partial charge is 0.454 e. The predicted molar refractivity (Wildman–Crippen MR) is 264 cm³/mol. The van der Waals surface area contributed by atoms with Crippen LogP contribution in [-0.4, -0.2) is 99.6 Å². The molecule has 11 heteroatoms. The van der Waals surface area contributed by atoms with E-state index in [1.54, 1.807) is 6.08 Å². The van der Waals surface area contributed by atoms with E-state index >= 15 is 0 Å². The number of ether oxygens (including phenoxy) is 3. The summed E-state index contributed by atoms with van der Waals surface area (Å²) >= 11 is 0. The van der Waals surface area contributed by atoms with Crippen molar-refractivity contribution >= 4 is 11.9 Å². The second kappa shape index (κ2) is 42.5. The van der Waals surface area contributed by atoms with Gasteiger partial charge in [-0.3, -0.25) is 9.59 Å². The third kappa shape index (κ3) is 31.7. The van der Waals surface area contributed by atoms with Crippen LogP contribution >= 0.6 is 0 Å². The van der Waals surface area contributed by atoms with Gasteiger partial charge in [-0.2, -0.15) is 0 Å². The van der Waals surface area contributed by atoms with Crippen molar-refractivity contribution in [2.75, 3.05) is 13.2 Å². The van der Waals surface area contributed by atoms with Crippen LogP contribution in [-0.2, 0) is 23.8 Å². The topological polar surface area (TPSA) is 175 Å². The van der Waals surface area contributed by atoms with Crippen molar-refractivity contribution in [1.82, 2.24) is 5.32 Å². The molecule has 0 bridgehead atoms. The molecule has 1 saturated heterocycles. The second-order valence-electron chi connectivity index (χ2n) is 17.7. The summed E-state index contributed by atoms with van der Waals surface area (Å²) in [4.78, 5) is 26.3. The number of aliphatic hydroxyl groups excluding tert-OH is 5. The number of rotatable bonds is 41. The molecule has 1 aliphatic heterocycles. The number of hydrogen-bond donors (Lipinski definition) is 6. The molecule has 8 unspecified atom stereocenters. The number of carbonyl (C=O) groups is 2. The SMILES string of the molecule is CC/C=C/C=C/C=C\C=C/C=C/CCCCCC(=O)OC1C(OCC(NC(=O)C(O)CCCCCCCCCCCC)C(O)/C=C/CCCCCCCCCCC)OC(CO)C(O)C1O. The molecule has 0 spiro atoms. The van der Waals surface area contributed by atoms with E-state index in [4.69, 9.17) is 14.2 Å². The Labute approximate surface area is 394 Å². The van der Waals surface area contributed by atoms with Gasteiger partial charge >= 0.3 is 5.97 Å². The lowest BCUT2D eigenvalue weighted by Gasteiger charge is -2.41. The second-order valence-corrected chi connectivity index (χ2v) is 17.7. The fraction of sp³-hybridized carbons (Fsp3) is 0.741. The van der Waals surface area contributed by atoms with Gasteiger partial charge in [-0.1, -0.05) is 216 Å². The van der Waals surface area contributed by atoms with Crippen molar-refractivity contribution in [2.24, 2.45) is 0 Å². The first-order valence-corrected chi connectivity index (χ1v) is 25.8. The van der Waals surface area contributed by atoms with E-state index in [1.165, 1.54) is 83.5 Å². The summed E-state index contributed by atoms with van der Waals surface area (Å²) in [5, 5.41) is 56.5. The Bertz CT molecular complexity index is 1330. The number of allylic oxidation sites excluding steroid dienone is 11. The van der Waals surface area contributed by atoms with Gasteiger partial charge in [-0.05, 0) is 44.9 Å². The average Bonchev–Trinajstić information content (AvgIpc) is 3.30. The van der Waals surface area contributed by atoms with Crippen LogP contribution in [0.25, 0.3) is 0 Å². The van der Waals surface area contributed by atoms with Crippen LogP contribution in [0, 0.1) is 0 Å². The molecule has 1 heterocycles. The van der Waals surface area contributed by atoms with Gasteiger partial charge in [0.25, 0.3) is 0 Å². The summed E-state index contributed by atoms with van der Waals surface area (Å²) in [6, 6.07) is -1.03. The highest BCUT2D eigenvalue weighted by Crippen LogP contribution is 2.26. The maximum atomic E-state index is 13.3. The number of aliphatic hydroxyl groups is 5. The van der Waals surface area contributed by atoms with Crippen molar-refractivity contribution in [1.29, 1.82) is 0 Å². The van der Waals surface area contributed by atoms with E-state index in [9.17, 15) is 35.1 Å². The molecule has 374 valence electrons. The Morgan fingerprint density at radius 2 is 1.11 bits per heavy atom. The van der Waals surface area contributed by atoms with Gasteiger partial charge in [0.2, 0.25) is 5.91 Å². The first-order chi connectivity index (χ1) is 31.7. The number of hydrogen-bond acceptors (Lipinski definition) is 10. The molecule has 65 heavy (non-hydrogen) atoms. The lowest BCUT2D eigenvalue weighted by atomic mass is 9.99. The van der Waals surface area contributed by atoms with Crippen molar-refractivity contribution in [2.45, 2.75) is 243 Å². The number of amides is 1. The maximum Gasteiger partial charge on any atom is 0.306 e. The van der Waals surface area contributed by atoms with Gasteiger partial charge < -0.3 is 45.1 Å². The molecule has 6 N–H and O–H groups in total. The number of nitrogens with one attached hydrogen (secondary N) is 1. The highest BCUT2D eigenvalue weighted by atomic mass is 16.7. The Hall–Kier alpha value is -2.90. The van der Waals surface area contributed by atoms with Crippen molar-refractivity contribution < 1.29 is 49.3 Å². The molecule has 0 radical (unpaired) electrons. The van der Waals surface area contributed by atoms with Gasteiger partial charge in [-0.25, -0.2) is 0 Å². The molecule has 1 aliphatic rings. The molecular weight excluding hydrogens is 823 g/mol. The summed E-state index contributed by atoms with van der Waals surface area (Å²) in [5.74, 6) is -1.25. The summed E-state index contributed by atoms with van der Waals surface area (Å²) in [5.41, 5.74) is 0. The Kier molecular flexibility index (Phi) is 39.3. The van der Waals surface area contributed by atoms with Gasteiger partial charge in [0.15, 0.2) is 12.4 Å². The van der Waals surface area contributed by atoms with Crippen LogP contribution < -0.4 is 5.32 Å². The molecule has 11 nitrogen and oxygen atoms in total. The van der Waals surface area contributed by atoms with E-state index in [-0.39, 0.29) is 19.4 Å². The smallest absolute Gasteiger partial charge is 0.306 e. The van der Waals surface area contributed by atoms with E-state index in [0.717, 1.165) is 64.2 Å². The molecule has 1 rings (SSSR count). The zero-order valence-electron chi connectivity index (χ0n) is 40.8. The summed E-state index contributed by atoms with van der Waals surface area (Å²) in [7, 11) is 0. The highest BCUT2D eigenvalue weighted by Gasteiger charge is 2.47. The predicted octanol–water partition coefficient (Wildman–Crippen LogP) is 10.5. The standard InChI is InChI=1S/C54H93NO10/c1-4-7-10-13-16-19-22-23-24-25-27-30-33-36-39-42-49(59)65-52-51(61)50(60)48(43-56)64-54(52)63-44-45(46(57)40-37-34-31-29-26-20-17-14-11-8-5-2)55-53(62)47(58)41-38-35-32-28-21-18-15-12-9-6-3/h7,10,13,16,19,22-25,27,37,40,45-48,50-52,54,56-58,60-61H,4-6,8-9,11-12,14-15,17-18,20-21,26,28-36,38-39,41-44H2,1-3H3,(H,55,62)/b10-7+,16-13+,22-19-,24-23-,27-25+,40-37+. The number of esters is 1. The summed E-state index contributed by atoms with van der Waals surface area (Å²) in [6.07, 6.45) is 41.0. The van der Waals surface area contributed by atoms with Crippen LogP contribution in [0.2, 0.25) is 0 Å². The Morgan fingerprint density at radius 3 is 1.66 bits per heavy atom. The lowest BCUT2D eigenvalue weighted by Crippen LogP contribution is -2.61. The molecule has 8 atom stereocenters. The van der Waals surface area contributed by atoms with Crippen LogP contribution in [0.5, 0.6) is 0 Å². The zero-order valence-corrected chi connectivity index (χ0v) is 40.8. The summed E-state index contributed by atoms with van der Waals surface area (Å²) < 4.78 is 17.4. The minimum absolute atomic E-state index is 0.0723. The van der Waals surface area contributed by atoms with Crippen molar-refractivity contribution in [3.05, 3.63) is 72.9 Å². The fourth-order valence-corrected chi connectivity index (χ4v) is 7.61. The van der Waals surface area contributed by atoms with E-state index in [2.05, 4.69) is 38.2 Å². The minimum atomic E-state index is -1.63. The molecule has 0 saturated carbocycles. The van der Waals surface area contributed by atoms with Crippen LogP contribution in [0.1, 0.15) is 194 Å². The third-order valence-corrected chi connectivity index (χ3v) is 11.8. The van der Waals surface area contributed by atoms with Gasteiger partial charge in [-0.15, -0.1) is 0 Å². The Balaban J connectivity index is 2.81. The first-order valence-electron chi connectivity index (χ1n) is 25.8. The first kappa shape index (κ1) is 60.1. The zero-order chi connectivity index (χ0) is 47.6. The van der Waals surface area contributed by atoms with Crippen LogP contribution in [0.3, 0.4) is 0 Å². The van der Waals surface area contributed by atoms with Crippen LogP contribution in [0.15, 0.2) is 72.9 Å². The normalized spacial score (nSPS) is 20.9. The van der Waals surface area contributed by atoms with Crippen LogP contribution in [0.4, 0.5) is 0 Å². The number of carbonyl (C=O) groups excluding carboxylic acids is 2. The average molecular weight is 916 g/mol. The number of unbranched alkanes of at least 4 members (excludes halogenated alkanes) is 21. The molecular formula is C54H93NO10.